The summed E-state index contributed by atoms with van der Waals surface area (Å²) in [4.78, 5) is 21.0. The summed E-state index contributed by atoms with van der Waals surface area (Å²) in [6.07, 6.45) is 0.921. The molecule has 1 heterocycles. The predicted molar refractivity (Wildman–Crippen MR) is 40.8 cm³/mol. The van der Waals surface area contributed by atoms with Crippen molar-refractivity contribution in [2.75, 3.05) is 6.61 Å². The van der Waals surface area contributed by atoms with Crippen molar-refractivity contribution >= 4 is 11.8 Å². The zero-order valence-corrected chi connectivity index (χ0v) is 6.95. The molecule has 0 saturated carbocycles. The Labute approximate surface area is 70.5 Å². The van der Waals surface area contributed by atoms with Crippen LogP contribution >= 0.6 is 0 Å². The number of carboxylic acid groups (broad SMARTS) is 1. The minimum atomic E-state index is -1.34. The molecule has 1 N–H and O–H groups in total. The topological polar surface area (TPSA) is 63.6 Å². The fraction of sp³-hybridized carbons (Fsp3) is 0.750. The molecule has 0 aromatic rings. The van der Waals surface area contributed by atoms with Gasteiger partial charge in [0.2, 0.25) is 5.78 Å². The predicted octanol–water partition coefficient (Wildman–Crippen LogP) is 0.455. The van der Waals surface area contributed by atoms with Crippen molar-refractivity contribution in [2.24, 2.45) is 5.92 Å². The van der Waals surface area contributed by atoms with Gasteiger partial charge in [0.15, 0.2) is 0 Å². The molecular formula is C8H12O4. The molecule has 1 aliphatic heterocycles. The molecular weight excluding hydrogens is 160 g/mol. The number of carbonyl (C=O) groups is 2. The number of hydrogen-bond donors (Lipinski definition) is 1. The third kappa shape index (κ3) is 2.04. The first kappa shape index (κ1) is 9.19. The number of ether oxygens (including phenoxy) is 1. The molecule has 1 fully saturated rings. The smallest absolute Gasteiger partial charge is 0.372 e. The molecule has 0 aromatic carbocycles. The molecule has 0 spiro atoms. The third-order valence-corrected chi connectivity index (χ3v) is 2.22. The van der Waals surface area contributed by atoms with Crippen molar-refractivity contribution in [2.45, 2.75) is 25.9 Å². The number of hydrogen-bond acceptors (Lipinski definition) is 3. The average Bonchev–Trinajstić information content (AvgIpc) is 2.36. The van der Waals surface area contributed by atoms with Gasteiger partial charge in [-0.1, -0.05) is 0 Å². The number of aliphatic carboxylic acids is 1. The monoisotopic (exact) mass is 172 g/mol. The highest BCUT2D eigenvalue weighted by Crippen LogP contribution is 2.23. The molecule has 0 aliphatic carbocycles. The Bertz CT molecular complexity index is 199. The van der Waals surface area contributed by atoms with Crippen LogP contribution in [0.4, 0.5) is 0 Å². The van der Waals surface area contributed by atoms with Crippen LogP contribution in [0.3, 0.4) is 0 Å². The van der Waals surface area contributed by atoms with Gasteiger partial charge in [-0.25, -0.2) is 4.79 Å². The van der Waals surface area contributed by atoms with Crippen molar-refractivity contribution in [3.63, 3.8) is 0 Å². The lowest BCUT2D eigenvalue weighted by Crippen LogP contribution is -2.21. The van der Waals surface area contributed by atoms with Crippen LogP contribution in [0.25, 0.3) is 0 Å². The van der Waals surface area contributed by atoms with Crippen LogP contribution in [-0.4, -0.2) is 29.6 Å². The van der Waals surface area contributed by atoms with Gasteiger partial charge in [0.1, 0.15) is 0 Å². The maximum absolute atomic E-state index is 10.8. The number of ketones is 1. The molecule has 12 heavy (non-hydrogen) atoms. The van der Waals surface area contributed by atoms with Gasteiger partial charge in [-0.15, -0.1) is 0 Å². The first-order valence-corrected chi connectivity index (χ1v) is 3.99. The standard InChI is InChI=1S/C8H12O4/c1-5-6(2-3-12-5)4-7(9)8(10)11/h5-6H,2-4H2,1H3,(H,10,11). The molecule has 2 unspecified atom stereocenters. The Morgan fingerprint density at radius 1 is 1.58 bits per heavy atom. The average molecular weight is 172 g/mol. The highest BCUT2D eigenvalue weighted by molar-refractivity contribution is 6.32. The number of rotatable bonds is 3. The number of carbonyl (C=O) groups excluding carboxylic acids is 1. The molecule has 4 heteroatoms. The van der Waals surface area contributed by atoms with Crippen LogP contribution in [0.1, 0.15) is 19.8 Å². The summed E-state index contributed by atoms with van der Waals surface area (Å²) in [5.74, 6) is -1.96. The zero-order chi connectivity index (χ0) is 9.14. The van der Waals surface area contributed by atoms with E-state index >= 15 is 0 Å². The highest BCUT2D eigenvalue weighted by Gasteiger charge is 2.28. The summed E-state index contributed by atoms with van der Waals surface area (Å²) in [5, 5.41) is 8.34. The first-order chi connectivity index (χ1) is 5.61. The molecule has 0 aromatic heterocycles. The van der Waals surface area contributed by atoms with Crippen LogP contribution in [0, 0.1) is 5.92 Å². The SMILES string of the molecule is CC1OCCC1CC(=O)C(=O)O. The van der Waals surface area contributed by atoms with E-state index in [0.29, 0.717) is 6.61 Å². The van der Waals surface area contributed by atoms with Gasteiger partial charge in [-0.2, -0.15) is 0 Å². The van der Waals surface area contributed by atoms with E-state index in [1.165, 1.54) is 0 Å². The Kier molecular flexibility index (Phi) is 2.81. The van der Waals surface area contributed by atoms with Crippen molar-refractivity contribution in [3.05, 3.63) is 0 Å². The van der Waals surface area contributed by atoms with Gasteiger partial charge in [-0.3, -0.25) is 4.79 Å². The van der Waals surface area contributed by atoms with Crippen molar-refractivity contribution in [3.8, 4) is 0 Å². The Morgan fingerprint density at radius 2 is 2.25 bits per heavy atom. The molecule has 2 atom stereocenters. The van der Waals surface area contributed by atoms with E-state index in [1.54, 1.807) is 0 Å². The molecule has 0 radical (unpaired) electrons. The normalized spacial score (nSPS) is 28.8. The van der Waals surface area contributed by atoms with Crippen LogP contribution < -0.4 is 0 Å². The van der Waals surface area contributed by atoms with Gasteiger partial charge in [0.25, 0.3) is 0 Å². The van der Waals surface area contributed by atoms with E-state index in [4.69, 9.17) is 9.84 Å². The first-order valence-electron chi connectivity index (χ1n) is 3.99. The van der Waals surface area contributed by atoms with E-state index in [2.05, 4.69) is 0 Å². The second kappa shape index (κ2) is 3.67. The van der Waals surface area contributed by atoms with Crippen LogP contribution in [0.15, 0.2) is 0 Å². The van der Waals surface area contributed by atoms with Crippen molar-refractivity contribution in [1.82, 2.24) is 0 Å². The van der Waals surface area contributed by atoms with Gasteiger partial charge >= 0.3 is 5.97 Å². The Hall–Kier alpha value is -0.900. The molecule has 1 rings (SSSR count). The minimum Gasteiger partial charge on any atom is -0.476 e. The maximum atomic E-state index is 10.8. The second-order valence-electron chi connectivity index (χ2n) is 3.06. The van der Waals surface area contributed by atoms with Crippen LogP contribution in [0.5, 0.6) is 0 Å². The molecule has 4 nitrogen and oxygen atoms in total. The summed E-state index contributed by atoms with van der Waals surface area (Å²) < 4.78 is 5.20. The summed E-state index contributed by atoms with van der Waals surface area (Å²) >= 11 is 0. The quantitative estimate of drug-likeness (QED) is 0.628. The third-order valence-electron chi connectivity index (χ3n) is 2.22. The van der Waals surface area contributed by atoms with Gasteiger partial charge < -0.3 is 9.84 Å². The molecule has 0 bridgehead atoms. The molecule has 0 amide bonds. The second-order valence-corrected chi connectivity index (χ2v) is 3.06. The lowest BCUT2D eigenvalue weighted by molar-refractivity contribution is -0.149. The van der Waals surface area contributed by atoms with Gasteiger partial charge in [0, 0.05) is 13.0 Å². The van der Waals surface area contributed by atoms with E-state index < -0.39 is 11.8 Å². The van der Waals surface area contributed by atoms with Gasteiger partial charge in [0.05, 0.1) is 6.10 Å². The van der Waals surface area contributed by atoms with Crippen molar-refractivity contribution < 1.29 is 19.4 Å². The van der Waals surface area contributed by atoms with E-state index in [1.807, 2.05) is 6.92 Å². The zero-order valence-electron chi connectivity index (χ0n) is 6.95. The summed E-state index contributed by atoms with van der Waals surface area (Å²) in [7, 11) is 0. The largest absolute Gasteiger partial charge is 0.476 e. The lowest BCUT2D eigenvalue weighted by atomic mass is 9.96. The Morgan fingerprint density at radius 3 is 2.67 bits per heavy atom. The summed E-state index contributed by atoms with van der Waals surface area (Å²) in [5.41, 5.74) is 0. The maximum Gasteiger partial charge on any atom is 0.372 e. The van der Waals surface area contributed by atoms with E-state index in [9.17, 15) is 9.59 Å². The van der Waals surface area contributed by atoms with Crippen LogP contribution in [0.2, 0.25) is 0 Å². The number of carboxylic acids is 1. The Balaban J connectivity index is 2.40. The fourth-order valence-corrected chi connectivity index (χ4v) is 1.37. The van der Waals surface area contributed by atoms with Gasteiger partial charge in [-0.05, 0) is 19.3 Å². The van der Waals surface area contributed by atoms with Crippen LogP contribution in [-0.2, 0) is 14.3 Å². The molecule has 1 aliphatic rings. The van der Waals surface area contributed by atoms with Crippen molar-refractivity contribution in [1.29, 1.82) is 0 Å². The molecule has 1 saturated heterocycles. The lowest BCUT2D eigenvalue weighted by Gasteiger charge is -2.10. The number of Topliss-reactive ketones (excluding diaryl/α,β-unsaturated/α-hetero) is 1. The molecule has 68 valence electrons. The highest BCUT2D eigenvalue weighted by atomic mass is 16.5. The van der Waals surface area contributed by atoms with E-state index in [0.717, 1.165) is 6.42 Å². The van der Waals surface area contributed by atoms with E-state index in [-0.39, 0.29) is 18.4 Å². The summed E-state index contributed by atoms with van der Waals surface area (Å²) in [6, 6.07) is 0. The summed E-state index contributed by atoms with van der Waals surface area (Å²) in [6.45, 7) is 2.51. The minimum absolute atomic E-state index is 0.0216. The fourth-order valence-electron chi connectivity index (χ4n) is 1.37.